The molecule has 22 heavy (non-hydrogen) atoms. The van der Waals surface area contributed by atoms with Crippen LogP contribution in [0.1, 0.15) is 31.2 Å². The summed E-state index contributed by atoms with van der Waals surface area (Å²) in [7, 11) is 0. The lowest BCUT2D eigenvalue weighted by Crippen LogP contribution is -2.54. The average Bonchev–Trinajstić information content (AvgIpc) is 2.55. The lowest BCUT2D eigenvalue weighted by molar-refractivity contribution is 0.0172. The van der Waals surface area contributed by atoms with E-state index in [4.69, 9.17) is 5.26 Å². The van der Waals surface area contributed by atoms with Crippen LogP contribution in [0.15, 0.2) is 18.2 Å². The zero-order valence-corrected chi connectivity index (χ0v) is 12.7. The number of nitriles is 1. The van der Waals surface area contributed by atoms with Gasteiger partial charge in [-0.3, -0.25) is 4.90 Å². The number of nitrogens with zero attached hydrogens (tertiary/aromatic N) is 3. The second-order valence-corrected chi connectivity index (χ2v) is 6.22. The van der Waals surface area contributed by atoms with E-state index >= 15 is 0 Å². The molecule has 1 heterocycles. The summed E-state index contributed by atoms with van der Waals surface area (Å²) in [5.74, 6) is -0.329. The van der Waals surface area contributed by atoms with Crippen molar-refractivity contribution in [1.29, 1.82) is 5.26 Å². The highest BCUT2D eigenvalue weighted by Gasteiger charge is 2.31. The summed E-state index contributed by atoms with van der Waals surface area (Å²) in [5.41, 5.74) is 0.924. The van der Waals surface area contributed by atoms with Gasteiger partial charge in [0.25, 0.3) is 0 Å². The number of halogens is 1. The lowest BCUT2D eigenvalue weighted by Gasteiger charge is -2.43. The lowest BCUT2D eigenvalue weighted by atomic mass is 9.91. The molecule has 0 bridgehead atoms. The van der Waals surface area contributed by atoms with Crippen LogP contribution in [0.25, 0.3) is 0 Å². The molecule has 0 spiro atoms. The number of hydrogen-bond acceptors (Lipinski definition) is 4. The summed E-state index contributed by atoms with van der Waals surface area (Å²) in [6, 6.07) is 6.88. The Morgan fingerprint density at radius 2 is 1.86 bits per heavy atom. The first kappa shape index (κ1) is 15.3. The summed E-state index contributed by atoms with van der Waals surface area (Å²) in [6.07, 6.45) is 4.05. The Morgan fingerprint density at radius 3 is 2.50 bits per heavy atom. The predicted octanol–water partition coefficient (Wildman–Crippen LogP) is 2.12. The van der Waals surface area contributed by atoms with Crippen molar-refractivity contribution in [3.63, 3.8) is 0 Å². The average molecular weight is 303 g/mol. The molecule has 118 valence electrons. The summed E-state index contributed by atoms with van der Waals surface area (Å²) in [5, 5.41) is 19.0. The molecular weight excluding hydrogens is 281 g/mol. The van der Waals surface area contributed by atoms with E-state index < -0.39 is 0 Å². The SMILES string of the molecule is N#Cc1ccc(N2CCN(C3CCCCC3O)CC2)c(F)c1. The molecule has 1 aliphatic heterocycles. The summed E-state index contributed by atoms with van der Waals surface area (Å²) >= 11 is 0. The second-order valence-electron chi connectivity index (χ2n) is 6.22. The first-order valence-electron chi connectivity index (χ1n) is 8.06. The van der Waals surface area contributed by atoms with Crippen LogP contribution in [-0.2, 0) is 0 Å². The van der Waals surface area contributed by atoms with Gasteiger partial charge in [0.2, 0.25) is 0 Å². The van der Waals surface area contributed by atoms with E-state index in [2.05, 4.69) is 4.90 Å². The zero-order chi connectivity index (χ0) is 15.5. The minimum Gasteiger partial charge on any atom is -0.391 e. The Kier molecular flexibility index (Phi) is 4.60. The molecule has 1 aromatic rings. The van der Waals surface area contributed by atoms with Gasteiger partial charge >= 0.3 is 0 Å². The third kappa shape index (κ3) is 3.08. The van der Waals surface area contributed by atoms with Crippen LogP contribution in [0.3, 0.4) is 0 Å². The van der Waals surface area contributed by atoms with E-state index in [9.17, 15) is 9.50 Å². The molecule has 1 aromatic carbocycles. The number of aliphatic hydroxyl groups is 1. The fourth-order valence-corrected chi connectivity index (χ4v) is 3.65. The van der Waals surface area contributed by atoms with Crippen molar-refractivity contribution in [3.05, 3.63) is 29.6 Å². The number of aliphatic hydroxyl groups excluding tert-OH is 1. The number of rotatable bonds is 2. The van der Waals surface area contributed by atoms with Crippen molar-refractivity contribution in [2.24, 2.45) is 0 Å². The van der Waals surface area contributed by atoms with E-state index in [-0.39, 0.29) is 18.0 Å². The predicted molar refractivity (Wildman–Crippen MR) is 83.2 cm³/mol. The molecule has 2 atom stereocenters. The Hall–Kier alpha value is -1.64. The molecule has 0 amide bonds. The maximum atomic E-state index is 14.1. The van der Waals surface area contributed by atoms with Crippen LogP contribution in [0.5, 0.6) is 0 Å². The maximum Gasteiger partial charge on any atom is 0.147 e. The molecular formula is C17H22FN3O. The summed E-state index contributed by atoms with van der Waals surface area (Å²) < 4.78 is 14.1. The fraction of sp³-hybridized carbons (Fsp3) is 0.588. The van der Waals surface area contributed by atoms with Crippen molar-refractivity contribution < 1.29 is 9.50 Å². The number of piperazine rings is 1. The quantitative estimate of drug-likeness (QED) is 0.909. The van der Waals surface area contributed by atoms with Gasteiger partial charge in [0.15, 0.2) is 0 Å². The first-order valence-corrected chi connectivity index (χ1v) is 8.06. The molecule has 2 fully saturated rings. The molecule has 1 saturated carbocycles. The van der Waals surface area contributed by atoms with Crippen molar-refractivity contribution in [3.8, 4) is 6.07 Å². The van der Waals surface area contributed by atoms with Crippen molar-refractivity contribution in [2.75, 3.05) is 31.1 Å². The first-order chi connectivity index (χ1) is 10.7. The zero-order valence-electron chi connectivity index (χ0n) is 12.7. The molecule has 0 aromatic heterocycles. The van der Waals surface area contributed by atoms with Gasteiger partial charge in [-0.1, -0.05) is 12.8 Å². The molecule has 2 aliphatic rings. The molecule has 1 aliphatic carbocycles. The molecule has 5 heteroatoms. The largest absolute Gasteiger partial charge is 0.391 e. The van der Waals surface area contributed by atoms with E-state index in [1.807, 2.05) is 11.0 Å². The third-order valence-corrected chi connectivity index (χ3v) is 4.89. The van der Waals surface area contributed by atoms with Crippen molar-refractivity contribution in [2.45, 2.75) is 37.8 Å². The minimum atomic E-state index is -0.329. The van der Waals surface area contributed by atoms with Crippen molar-refractivity contribution in [1.82, 2.24) is 4.90 Å². The Bertz CT molecular complexity index is 564. The van der Waals surface area contributed by atoms with Gasteiger partial charge < -0.3 is 10.0 Å². The monoisotopic (exact) mass is 303 g/mol. The second kappa shape index (κ2) is 6.64. The van der Waals surface area contributed by atoms with Crippen LogP contribution in [0, 0.1) is 17.1 Å². The van der Waals surface area contributed by atoms with Gasteiger partial charge in [-0.25, -0.2) is 4.39 Å². The van der Waals surface area contributed by atoms with Gasteiger partial charge in [0, 0.05) is 32.2 Å². The highest BCUT2D eigenvalue weighted by atomic mass is 19.1. The van der Waals surface area contributed by atoms with Crippen LogP contribution in [-0.4, -0.2) is 48.3 Å². The van der Waals surface area contributed by atoms with Crippen molar-refractivity contribution >= 4 is 5.69 Å². The van der Waals surface area contributed by atoms with Gasteiger partial charge in [-0.15, -0.1) is 0 Å². The van der Waals surface area contributed by atoms with Crippen LogP contribution in [0.4, 0.5) is 10.1 Å². The van der Waals surface area contributed by atoms with Crippen LogP contribution >= 0.6 is 0 Å². The molecule has 3 rings (SSSR count). The molecule has 2 unspecified atom stereocenters. The maximum absolute atomic E-state index is 14.1. The highest BCUT2D eigenvalue weighted by molar-refractivity contribution is 5.51. The number of benzene rings is 1. The summed E-state index contributed by atoms with van der Waals surface area (Å²) in [6.45, 7) is 3.21. The van der Waals surface area contributed by atoms with Gasteiger partial charge in [-0.05, 0) is 31.0 Å². The van der Waals surface area contributed by atoms with E-state index in [1.165, 1.54) is 12.5 Å². The van der Waals surface area contributed by atoms with E-state index in [0.717, 1.165) is 45.4 Å². The number of hydrogen-bond donors (Lipinski definition) is 1. The smallest absolute Gasteiger partial charge is 0.147 e. The van der Waals surface area contributed by atoms with E-state index in [1.54, 1.807) is 12.1 Å². The van der Waals surface area contributed by atoms with Crippen LogP contribution < -0.4 is 4.90 Å². The number of anilines is 1. The Labute approximate surface area is 130 Å². The van der Waals surface area contributed by atoms with Gasteiger partial charge in [-0.2, -0.15) is 5.26 Å². The fourth-order valence-electron chi connectivity index (χ4n) is 3.65. The standard InChI is InChI=1S/C17H22FN3O/c18-14-11-13(12-19)5-6-15(14)20-7-9-21(10-8-20)16-3-1-2-4-17(16)22/h5-6,11,16-17,22H,1-4,7-10H2. The molecule has 0 radical (unpaired) electrons. The Morgan fingerprint density at radius 1 is 1.14 bits per heavy atom. The van der Waals surface area contributed by atoms with Crippen LogP contribution in [0.2, 0.25) is 0 Å². The normalized spacial score (nSPS) is 26.7. The Balaban J connectivity index is 1.63. The summed E-state index contributed by atoms with van der Waals surface area (Å²) in [4.78, 5) is 4.38. The minimum absolute atomic E-state index is 0.216. The third-order valence-electron chi connectivity index (χ3n) is 4.89. The van der Waals surface area contributed by atoms with Gasteiger partial charge in [0.05, 0.1) is 23.4 Å². The highest BCUT2D eigenvalue weighted by Crippen LogP contribution is 2.26. The molecule has 4 nitrogen and oxygen atoms in total. The topological polar surface area (TPSA) is 50.5 Å². The van der Waals surface area contributed by atoms with Gasteiger partial charge in [0.1, 0.15) is 5.82 Å². The molecule has 1 N–H and O–H groups in total. The van der Waals surface area contributed by atoms with E-state index in [0.29, 0.717) is 11.3 Å². The molecule has 1 saturated heterocycles.